The van der Waals surface area contributed by atoms with E-state index >= 15 is 0 Å². The third-order valence-corrected chi connectivity index (χ3v) is 6.07. The van der Waals surface area contributed by atoms with Crippen LogP contribution >= 0.6 is 0 Å². The van der Waals surface area contributed by atoms with Gasteiger partial charge in [0.25, 0.3) is 0 Å². The summed E-state index contributed by atoms with van der Waals surface area (Å²) >= 11 is 0. The Bertz CT molecular complexity index is 1130. The molecule has 0 spiro atoms. The Morgan fingerprint density at radius 3 is 2.55 bits per heavy atom. The van der Waals surface area contributed by atoms with Gasteiger partial charge >= 0.3 is 0 Å². The molecule has 4 rings (SSSR count). The third kappa shape index (κ3) is 4.68. The average molecular weight is 452 g/mol. The van der Waals surface area contributed by atoms with Crippen molar-refractivity contribution in [3.63, 3.8) is 0 Å². The minimum Gasteiger partial charge on any atom is -0.473 e. The Morgan fingerprint density at radius 1 is 1.24 bits per heavy atom. The summed E-state index contributed by atoms with van der Waals surface area (Å²) < 4.78 is 22.4. The van der Waals surface area contributed by atoms with Crippen LogP contribution in [-0.2, 0) is 18.2 Å². The Balaban J connectivity index is 1.46. The molecule has 0 saturated carbocycles. The Morgan fingerprint density at radius 2 is 1.94 bits per heavy atom. The van der Waals surface area contributed by atoms with Gasteiger partial charge in [0.1, 0.15) is 17.6 Å². The van der Waals surface area contributed by atoms with Gasteiger partial charge in [-0.25, -0.2) is 14.4 Å². The second-order valence-electron chi connectivity index (χ2n) is 8.38. The predicted octanol–water partition coefficient (Wildman–Crippen LogP) is 3.79. The Labute approximate surface area is 193 Å². The molecule has 3 heterocycles. The zero-order valence-electron chi connectivity index (χ0n) is 19.2. The summed E-state index contributed by atoms with van der Waals surface area (Å²) in [4.78, 5) is 11.1. The van der Waals surface area contributed by atoms with Crippen molar-refractivity contribution in [1.29, 1.82) is 5.41 Å². The van der Waals surface area contributed by atoms with E-state index in [1.54, 1.807) is 23.9 Å². The van der Waals surface area contributed by atoms with Gasteiger partial charge in [-0.3, -0.25) is 11.3 Å². The van der Waals surface area contributed by atoms with Crippen LogP contribution in [0, 0.1) is 18.2 Å². The van der Waals surface area contributed by atoms with Crippen LogP contribution in [0.4, 0.5) is 16.0 Å². The van der Waals surface area contributed by atoms with Crippen LogP contribution in [0.15, 0.2) is 36.8 Å². The zero-order valence-corrected chi connectivity index (χ0v) is 19.2. The number of ether oxygens (including phenoxy) is 1. The van der Waals surface area contributed by atoms with E-state index in [-0.39, 0.29) is 17.8 Å². The lowest BCUT2D eigenvalue weighted by atomic mass is 10.0. The first-order valence-electron chi connectivity index (χ1n) is 11.1. The lowest BCUT2D eigenvalue weighted by Crippen LogP contribution is -2.39. The van der Waals surface area contributed by atoms with Crippen molar-refractivity contribution in [2.24, 2.45) is 12.9 Å². The van der Waals surface area contributed by atoms with Gasteiger partial charge < -0.3 is 19.6 Å². The zero-order chi connectivity index (χ0) is 23.5. The van der Waals surface area contributed by atoms with E-state index in [1.807, 2.05) is 25.4 Å². The maximum absolute atomic E-state index is 14.6. The van der Waals surface area contributed by atoms with Crippen molar-refractivity contribution in [3.8, 4) is 11.1 Å². The number of anilines is 2. The molecule has 1 aromatic carbocycles. The molecule has 1 aliphatic rings. The Hall–Kier alpha value is -3.46. The molecule has 0 unspecified atom stereocenters. The number of nitrogen functional groups attached to an aromatic ring is 1. The summed E-state index contributed by atoms with van der Waals surface area (Å²) in [5, 5.41) is 8.60. The topological polar surface area (TPSA) is 105 Å². The molecule has 174 valence electrons. The van der Waals surface area contributed by atoms with Crippen molar-refractivity contribution in [2.75, 3.05) is 23.4 Å². The smallest absolute Gasteiger partial charge is 0.232 e. The van der Waals surface area contributed by atoms with Gasteiger partial charge in [-0.15, -0.1) is 0 Å². The summed E-state index contributed by atoms with van der Waals surface area (Å²) in [7, 11) is 1.80. The van der Waals surface area contributed by atoms with Crippen LogP contribution in [0.5, 0.6) is 0 Å². The molecule has 1 aliphatic heterocycles. The molecule has 0 aliphatic carbocycles. The van der Waals surface area contributed by atoms with E-state index in [0.29, 0.717) is 22.5 Å². The number of piperidine rings is 1. The van der Waals surface area contributed by atoms with E-state index in [2.05, 4.69) is 27.2 Å². The van der Waals surface area contributed by atoms with Crippen LogP contribution in [0.2, 0.25) is 0 Å². The van der Waals surface area contributed by atoms with E-state index in [4.69, 9.17) is 16.0 Å². The summed E-state index contributed by atoms with van der Waals surface area (Å²) in [6.45, 7) is 5.41. The van der Waals surface area contributed by atoms with Gasteiger partial charge in [-0.05, 0) is 30.5 Å². The highest BCUT2D eigenvalue weighted by molar-refractivity contribution is 6.00. The van der Waals surface area contributed by atoms with Crippen molar-refractivity contribution in [1.82, 2.24) is 14.5 Å². The van der Waals surface area contributed by atoms with Crippen LogP contribution in [-0.4, -0.2) is 39.6 Å². The highest BCUT2D eigenvalue weighted by atomic mass is 19.1. The number of nitrogens with one attached hydrogen (secondary N) is 2. The number of hydrazine groups is 1. The summed E-state index contributed by atoms with van der Waals surface area (Å²) in [5.74, 6) is 6.19. The van der Waals surface area contributed by atoms with Crippen LogP contribution in [0.25, 0.3) is 11.1 Å². The molecule has 1 fully saturated rings. The van der Waals surface area contributed by atoms with Gasteiger partial charge in [0.2, 0.25) is 11.8 Å². The van der Waals surface area contributed by atoms with Gasteiger partial charge in [0, 0.05) is 62.7 Å². The number of benzene rings is 1. The quantitative estimate of drug-likeness (QED) is 0.228. The van der Waals surface area contributed by atoms with Gasteiger partial charge in [0.05, 0.1) is 5.69 Å². The standard InChI is InChI=1S/C24H30FN7O/c1-4-16-12-28-24(29-13-16)32-9-7-17(8-10-32)33-23(26)22-21(30-27)19(14-31(22)3)18-6-5-15(2)11-20(18)25/h5-6,11-14,17,26,30H,4,7-10,27H2,1-3H3. The maximum Gasteiger partial charge on any atom is 0.232 e. The fourth-order valence-electron chi connectivity index (χ4n) is 4.18. The van der Waals surface area contributed by atoms with Crippen LogP contribution in [0.3, 0.4) is 0 Å². The van der Waals surface area contributed by atoms with E-state index < -0.39 is 0 Å². The van der Waals surface area contributed by atoms with Gasteiger partial charge in [-0.1, -0.05) is 19.1 Å². The largest absolute Gasteiger partial charge is 0.473 e. The molecule has 33 heavy (non-hydrogen) atoms. The first-order valence-corrected chi connectivity index (χ1v) is 11.1. The molecule has 2 aromatic heterocycles. The molecule has 9 heteroatoms. The molecule has 1 saturated heterocycles. The predicted molar refractivity (Wildman–Crippen MR) is 128 cm³/mol. The Kier molecular flexibility index (Phi) is 6.60. The van der Waals surface area contributed by atoms with Crippen LogP contribution < -0.4 is 16.2 Å². The number of nitrogens with zero attached hydrogens (tertiary/aromatic N) is 4. The molecule has 0 bridgehead atoms. The molecule has 0 radical (unpaired) electrons. The van der Waals surface area contributed by atoms with Gasteiger partial charge in [-0.2, -0.15) is 0 Å². The second kappa shape index (κ2) is 9.58. The SMILES string of the molecule is CCc1cnc(N2CCC(OC(=N)c3c(NN)c(-c4ccc(C)cc4F)cn3C)CC2)nc1. The number of aromatic nitrogens is 3. The van der Waals surface area contributed by atoms with Crippen LogP contribution in [0.1, 0.15) is 36.6 Å². The maximum atomic E-state index is 14.6. The highest BCUT2D eigenvalue weighted by Gasteiger charge is 2.26. The molecule has 0 amide bonds. The van der Waals surface area contributed by atoms with E-state index in [1.165, 1.54) is 6.07 Å². The highest BCUT2D eigenvalue weighted by Crippen LogP contribution is 2.35. The van der Waals surface area contributed by atoms with E-state index in [0.717, 1.165) is 49.4 Å². The number of aryl methyl sites for hydroxylation is 3. The van der Waals surface area contributed by atoms with E-state index in [9.17, 15) is 4.39 Å². The van der Waals surface area contributed by atoms with Crippen molar-refractivity contribution in [2.45, 2.75) is 39.2 Å². The molecule has 8 nitrogen and oxygen atoms in total. The number of rotatable bonds is 6. The monoisotopic (exact) mass is 451 g/mol. The third-order valence-electron chi connectivity index (χ3n) is 6.07. The minimum absolute atomic E-state index is 0.00576. The molecule has 3 aromatic rings. The molecule has 0 atom stereocenters. The summed E-state index contributed by atoms with van der Waals surface area (Å²) in [6.07, 6.45) is 7.79. The number of halogens is 1. The first-order chi connectivity index (χ1) is 15.9. The van der Waals surface area contributed by atoms with Crippen molar-refractivity contribution >= 4 is 17.5 Å². The average Bonchev–Trinajstić information content (AvgIpc) is 3.15. The van der Waals surface area contributed by atoms with Crippen molar-refractivity contribution in [3.05, 3.63) is 59.4 Å². The number of hydrogen-bond acceptors (Lipinski definition) is 7. The normalized spacial score (nSPS) is 14.4. The lowest BCUT2D eigenvalue weighted by Gasteiger charge is -2.32. The molecular formula is C24H30FN7O. The fraction of sp³-hybridized carbons (Fsp3) is 0.375. The van der Waals surface area contributed by atoms with Gasteiger partial charge in [0.15, 0.2) is 0 Å². The summed E-state index contributed by atoms with van der Waals surface area (Å²) in [6, 6.07) is 5.05. The number of hydrogen-bond donors (Lipinski definition) is 3. The fourth-order valence-corrected chi connectivity index (χ4v) is 4.18. The second-order valence-corrected chi connectivity index (χ2v) is 8.38. The molecular weight excluding hydrogens is 421 g/mol. The lowest BCUT2D eigenvalue weighted by molar-refractivity contribution is 0.156. The number of nitrogens with two attached hydrogens (primary N) is 1. The molecule has 4 N–H and O–H groups in total. The first kappa shape index (κ1) is 22.7. The summed E-state index contributed by atoms with van der Waals surface area (Å²) in [5.41, 5.74) is 6.55. The minimum atomic E-state index is -0.336. The van der Waals surface area contributed by atoms with Crippen molar-refractivity contribution < 1.29 is 9.13 Å².